The maximum absolute atomic E-state index is 13.1. The predicted octanol–water partition coefficient (Wildman–Crippen LogP) is 8.38. The van der Waals surface area contributed by atoms with Gasteiger partial charge in [0.05, 0.1) is 40.2 Å². The summed E-state index contributed by atoms with van der Waals surface area (Å²) >= 11 is 0. The van der Waals surface area contributed by atoms with Crippen LogP contribution in [-0.2, 0) is 53.2 Å². The van der Waals surface area contributed by atoms with Crippen LogP contribution >= 0.6 is 0 Å². The van der Waals surface area contributed by atoms with Crippen molar-refractivity contribution in [2.45, 2.75) is 174 Å². The van der Waals surface area contributed by atoms with Gasteiger partial charge >= 0.3 is 0 Å². The molecule has 3 atom stereocenters. The van der Waals surface area contributed by atoms with Crippen LogP contribution < -0.4 is 16.0 Å². The molecular weight excluding hydrogens is 1080 g/mol. The van der Waals surface area contributed by atoms with Crippen molar-refractivity contribution < 1.29 is 23.0 Å². The highest BCUT2D eigenvalue weighted by atomic mass is 19.3. The molecule has 4 aliphatic rings. The van der Waals surface area contributed by atoms with Crippen LogP contribution in [0.5, 0.6) is 0 Å². The Kier molecular flexibility index (Phi) is 16.0. The molecule has 24 nitrogen and oxygen atoms in total. The van der Waals surface area contributed by atoms with Gasteiger partial charge in [0.15, 0.2) is 0 Å². The molecule has 0 amide bonds. The van der Waals surface area contributed by atoms with Gasteiger partial charge in [0.1, 0.15) is 6.54 Å². The minimum atomic E-state index is -2.48. The van der Waals surface area contributed by atoms with Crippen molar-refractivity contribution in [3.05, 3.63) is 105 Å². The molecule has 3 unspecified atom stereocenters. The third-order valence-corrected chi connectivity index (χ3v) is 17.6. The molecule has 3 N–H and O–H groups in total. The number of aryl methyl sites for hydroxylation is 5. The predicted molar refractivity (Wildman–Crippen MR) is 307 cm³/mol. The number of alkyl halides is 2. The van der Waals surface area contributed by atoms with Crippen molar-refractivity contribution in [2.24, 2.45) is 5.92 Å². The normalized spacial score (nSPS) is 19.0. The third kappa shape index (κ3) is 12.1. The lowest BCUT2D eigenvalue weighted by molar-refractivity contribution is 0.0839. The molecule has 0 aromatic carbocycles. The molecule has 9 aromatic heterocycles. The second-order valence-corrected chi connectivity index (χ2v) is 23.5. The standard InChI is InChI=1S/C58H75F2N21O3/c1-34-23-49(39-11-17-82-18-12-39)79-56(64-34)67-53(73-79)63-29-45-32-78(72-38(45)5)48-8-6-7-42(48)24-47-26-51(41-15-21-84-22-16-41)81-58(66-47)69-55(75-81)62-28-44-31-77(71-37(44)4)35(2)9-10-46-25-50(40-13-19-83-20-14-40)80-57(65-46)68-54(74-80)61-27-43-30-76(33-52(59)60)70-36(43)3/h23,25-26,30-32,35,39-42,48,52H,6-22,24,27-29,33H2,1-5H3,(H,61,74)(H,62,75)(H,63,73). The van der Waals surface area contributed by atoms with Gasteiger partial charge in [0.25, 0.3) is 23.8 Å². The lowest BCUT2D eigenvalue weighted by Crippen LogP contribution is -2.20. The van der Waals surface area contributed by atoms with E-state index in [1.165, 1.54) is 4.68 Å². The zero-order valence-corrected chi connectivity index (χ0v) is 48.6. The first-order valence-corrected chi connectivity index (χ1v) is 30.0. The van der Waals surface area contributed by atoms with Gasteiger partial charge in [-0.1, -0.05) is 6.42 Å². The molecule has 13 rings (SSSR count). The van der Waals surface area contributed by atoms with Crippen LogP contribution in [0, 0.1) is 33.6 Å². The highest BCUT2D eigenvalue weighted by Gasteiger charge is 2.32. The van der Waals surface area contributed by atoms with Crippen LogP contribution in [0.1, 0.15) is 169 Å². The number of anilines is 3. The second-order valence-electron chi connectivity index (χ2n) is 23.5. The Balaban J connectivity index is 0.664. The van der Waals surface area contributed by atoms with E-state index in [4.69, 9.17) is 69.6 Å². The first kappa shape index (κ1) is 55.6. The molecule has 1 saturated carbocycles. The molecule has 0 bridgehead atoms. The minimum absolute atomic E-state index is 0.0746. The molecule has 12 heterocycles. The summed E-state index contributed by atoms with van der Waals surface area (Å²) in [4.78, 5) is 29.5. The topological polar surface area (TPSA) is 246 Å². The Morgan fingerprint density at radius 3 is 1.60 bits per heavy atom. The SMILES string of the molecule is Cc1cc(C2CCOCC2)n2nc(NCc3cn(C4CCCC4Cc4cc(C5CCOCC5)n5nc(NCc6cn(C(C)CCc7cc(C8CCOCC8)n8nc(NCc9cn(CC(F)F)nc9C)nc8n7)nc6C)nc5n4)nc3C)nc2n1. The van der Waals surface area contributed by atoms with Crippen LogP contribution in [0.2, 0.25) is 0 Å². The molecule has 84 heavy (non-hydrogen) atoms. The van der Waals surface area contributed by atoms with Crippen LogP contribution in [0.3, 0.4) is 0 Å². The van der Waals surface area contributed by atoms with E-state index >= 15 is 0 Å². The lowest BCUT2D eigenvalue weighted by atomic mass is 9.93. The number of rotatable bonds is 21. The van der Waals surface area contributed by atoms with Gasteiger partial charge < -0.3 is 30.2 Å². The highest BCUT2D eigenvalue weighted by molar-refractivity contribution is 5.44. The zero-order chi connectivity index (χ0) is 57.4. The number of hydrogen-bond acceptors (Lipinski definition) is 18. The fourth-order valence-corrected chi connectivity index (χ4v) is 12.8. The van der Waals surface area contributed by atoms with E-state index in [0.717, 1.165) is 146 Å². The number of fused-ring (bicyclic) bond motifs is 3. The van der Waals surface area contributed by atoms with E-state index in [1.807, 2.05) is 39.0 Å². The van der Waals surface area contributed by atoms with E-state index in [9.17, 15) is 8.78 Å². The molecule has 9 aromatic rings. The fraction of sp³-hybridized carbons (Fsp3) is 0.586. The first-order valence-electron chi connectivity index (χ1n) is 30.0. The molecule has 26 heteroatoms. The average Bonchev–Trinajstić information content (AvgIpc) is 3.22. The summed E-state index contributed by atoms with van der Waals surface area (Å²) in [7, 11) is 0. The summed E-state index contributed by atoms with van der Waals surface area (Å²) < 4.78 is 54.5. The molecule has 0 spiro atoms. The Hall–Kier alpha value is -7.58. The van der Waals surface area contributed by atoms with Crippen LogP contribution in [0.4, 0.5) is 26.6 Å². The summed E-state index contributed by atoms with van der Waals surface area (Å²) in [6, 6.07) is 6.88. The number of aromatic nitrogens is 18. The number of hydrogen-bond donors (Lipinski definition) is 3. The summed E-state index contributed by atoms with van der Waals surface area (Å²) in [5.74, 6) is 4.45. The van der Waals surface area contributed by atoms with Crippen molar-refractivity contribution >= 4 is 35.2 Å². The van der Waals surface area contributed by atoms with Crippen molar-refractivity contribution in [3.63, 3.8) is 0 Å². The van der Waals surface area contributed by atoms with Gasteiger partial charge in [0.2, 0.25) is 17.8 Å². The fourth-order valence-electron chi connectivity index (χ4n) is 12.8. The third-order valence-electron chi connectivity index (χ3n) is 17.6. The van der Waals surface area contributed by atoms with Crippen LogP contribution in [0.25, 0.3) is 17.3 Å². The van der Waals surface area contributed by atoms with Crippen LogP contribution in [-0.4, -0.2) is 134 Å². The molecule has 444 valence electrons. The van der Waals surface area contributed by atoms with Crippen molar-refractivity contribution in [1.29, 1.82) is 0 Å². The van der Waals surface area contributed by atoms with Gasteiger partial charge in [-0.15, -0.1) is 15.3 Å². The summed E-state index contributed by atoms with van der Waals surface area (Å²) in [5, 5.41) is 39.3. The molecule has 3 saturated heterocycles. The average molecular weight is 1150 g/mol. The van der Waals surface area contributed by atoms with Gasteiger partial charge in [-0.3, -0.25) is 14.0 Å². The molecule has 3 aliphatic heterocycles. The quantitative estimate of drug-likeness (QED) is 0.0611. The maximum Gasteiger partial charge on any atom is 0.257 e. The summed E-state index contributed by atoms with van der Waals surface area (Å²) in [5.41, 5.74) is 11.8. The molecular formula is C58H75F2N21O3. The second kappa shape index (κ2) is 24.2. The van der Waals surface area contributed by atoms with Crippen molar-refractivity contribution in [1.82, 2.24) is 88.1 Å². The Labute approximate surface area is 484 Å². The van der Waals surface area contributed by atoms with E-state index in [-0.39, 0.29) is 23.9 Å². The molecule has 0 radical (unpaired) electrons. The largest absolute Gasteiger partial charge is 0.381 e. The number of nitrogens with one attached hydrogen (secondary N) is 3. The Morgan fingerprint density at radius 2 is 1.02 bits per heavy atom. The number of halogens is 2. The smallest absolute Gasteiger partial charge is 0.257 e. The van der Waals surface area contributed by atoms with E-state index < -0.39 is 13.0 Å². The monoisotopic (exact) mass is 1150 g/mol. The zero-order valence-electron chi connectivity index (χ0n) is 48.6. The highest BCUT2D eigenvalue weighted by Crippen LogP contribution is 2.39. The summed E-state index contributed by atoms with van der Waals surface area (Å²) in [6.07, 6.45) is 14.6. The van der Waals surface area contributed by atoms with E-state index in [0.29, 0.717) is 105 Å². The van der Waals surface area contributed by atoms with E-state index in [1.54, 1.807) is 6.20 Å². The maximum atomic E-state index is 13.1. The Morgan fingerprint density at radius 1 is 0.536 bits per heavy atom. The van der Waals surface area contributed by atoms with Gasteiger partial charge in [0, 0.05) is 135 Å². The first-order chi connectivity index (χ1) is 40.9. The van der Waals surface area contributed by atoms with Crippen LogP contribution in [0.15, 0.2) is 36.8 Å². The van der Waals surface area contributed by atoms with Gasteiger partial charge in [-0.25, -0.2) is 23.7 Å². The Bertz CT molecular complexity index is 3750. The van der Waals surface area contributed by atoms with Gasteiger partial charge in [-0.2, -0.15) is 43.8 Å². The minimum Gasteiger partial charge on any atom is -0.381 e. The van der Waals surface area contributed by atoms with Gasteiger partial charge in [-0.05, 0) is 129 Å². The molecule has 1 aliphatic carbocycles. The summed E-state index contributed by atoms with van der Waals surface area (Å²) in [6.45, 7) is 15.4. The van der Waals surface area contributed by atoms with Crippen molar-refractivity contribution in [3.8, 4) is 0 Å². The number of nitrogens with zero attached hydrogens (tertiary/aromatic N) is 18. The van der Waals surface area contributed by atoms with E-state index in [2.05, 4.69) is 70.2 Å². The van der Waals surface area contributed by atoms with Crippen molar-refractivity contribution in [2.75, 3.05) is 55.6 Å². The molecule has 4 fully saturated rings. The lowest BCUT2D eigenvalue weighted by Gasteiger charge is -2.24. The number of ether oxygens (including phenoxy) is 3.